The molecule has 1 rings (SSSR count). The Hall–Kier alpha value is -0.520. The van der Waals surface area contributed by atoms with E-state index >= 15 is 0 Å². The Morgan fingerprint density at radius 1 is 2.14 bits per heavy atom. The van der Waals surface area contributed by atoms with E-state index in [0.29, 0.717) is 0 Å². The first-order chi connectivity index (χ1) is 6.61. The zero-order valence-electron chi connectivity index (χ0n) is 11.7. The van der Waals surface area contributed by atoms with Crippen LogP contribution in [-0.2, 0) is 0 Å². The fourth-order valence-corrected chi connectivity index (χ4v) is 0.311. The minimum absolute atomic E-state index is 0.477. The molecule has 38 valence electrons. The van der Waals surface area contributed by atoms with Gasteiger partial charge in [0.25, 0.3) is 0 Å². The lowest BCUT2D eigenvalue weighted by atomic mass is 10.0. The molecule has 0 heteroatoms. The fraction of sp³-hybridized carbons (Fsp3) is 0.429. The standard InChI is InChI=1S/C7H10/c1-7-5-3-2-4-6-7/h2-5,7H,6H2,1H3/i1D3,2D,3D,4D,6D,7D. The van der Waals surface area contributed by atoms with Gasteiger partial charge in [0.15, 0.2) is 0 Å². The van der Waals surface area contributed by atoms with E-state index < -0.39 is 37.3 Å². The third-order valence-electron chi connectivity index (χ3n) is 0.600. The summed E-state index contributed by atoms with van der Waals surface area (Å²) in [6.07, 6.45) is -0.885. The summed E-state index contributed by atoms with van der Waals surface area (Å²) in [4.78, 5) is 0. The van der Waals surface area contributed by atoms with Crippen LogP contribution in [0.4, 0.5) is 0 Å². The number of allylic oxidation sites excluding steroid dienone is 4. The van der Waals surface area contributed by atoms with Crippen LogP contribution in [0.2, 0.25) is 0 Å². The van der Waals surface area contributed by atoms with Crippen molar-refractivity contribution in [1.29, 1.82) is 0 Å². The minimum atomic E-state index is -2.78. The molecule has 2 unspecified atom stereocenters. The van der Waals surface area contributed by atoms with Crippen molar-refractivity contribution in [3.8, 4) is 0 Å². The second kappa shape index (κ2) is 1.97. The molecule has 0 aliphatic heterocycles. The molecule has 0 radical (unpaired) electrons. The fourth-order valence-electron chi connectivity index (χ4n) is 0.311. The number of rotatable bonds is 0. The lowest BCUT2D eigenvalue weighted by Crippen LogP contribution is -1.87. The van der Waals surface area contributed by atoms with Crippen LogP contribution in [0.15, 0.2) is 24.2 Å². The van der Waals surface area contributed by atoms with E-state index in [2.05, 4.69) is 0 Å². The molecule has 0 N–H and O–H groups in total. The molecule has 0 saturated carbocycles. The van der Waals surface area contributed by atoms with Crippen LogP contribution < -0.4 is 0 Å². The van der Waals surface area contributed by atoms with E-state index in [-0.39, 0.29) is 0 Å². The van der Waals surface area contributed by atoms with Gasteiger partial charge in [0.2, 0.25) is 0 Å². The highest BCUT2D eigenvalue weighted by Gasteiger charge is 1.93. The number of hydrogen-bond donors (Lipinski definition) is 0. The van der Waals surface area contributed by atoms with Crippen molar-refractivity contribution >= 4 is 0 Å². The van der Waals surface area contributed by atoms with Crippen molar-refractivity contribution in [2.24, 2.45) is 5.89 Å². The quantitative estimate of drug-likeness (QED) is 0.439. The first kappa shape index (κ1) is 0.928. The van der Waals surface area contributed by atoms with Gasteiger partial charge in [-0.1, -0.05) is 31.1 Å². The molecule has 1 aliphatic rings. The van der Waals surface area contributed by atoms with E-state index in [4.69, 9.17) is 11.0 Å². The summed E-state index contributed by atoms with van der Waals surface area (Å²) in [5.41, 5.74) is 0. The third-order valence-corrected chi connectivity index (χ3v) is 0.600. The van der Waals surface area contributed by atoms with Crippen molar-refractivity contribution in [2.45, 2.75) is 13.2 Å². The van der Waals surface area contributed by atoms with Crippen LogP contribution in [0.3, 0.4) is 0 Å². The Kier molecular flexibility index (Phi) is 0.261. The molecule has 0 bridgehead atoms. The Labute approximate surface area is 55.8 Å². The predicted molar refractivity (Wildman–Crippen MR) is 32.1 cm³/mol. The molecule has 0 spiro atoms. The third kappa shape index (κ3) is 1.19. The zero-order valence-corrected chi connectivity index (χ0v) is 3.65. The average Bonchev–Trinajstić information content (AvgIpc) is 2.10. The normalized spacial score (nSPS) is 72.0. The molecular weight excluding hydrogens is 84.1 g/mol. The van der Waals surface area contributed by atoms with E-state index in [1.54, 1.807) is 0 Å². The molecule has 0 amide bonds. The van der Waals surface area contributed by atoms with Crippen LogP contribution in [0.5, 0.6) is 0 Å². The van der Waals surface area contributed by atoms with Gasteiger partial charge < -0.3 is 0 Å². The summed E-state index contributed by atoms with van der Waals surface area (Å²) in [5, 5.41) is 0. The topological polar surface area (TPSA) is 0 Å². The summed E-state index contributed by atoms with van der Waals surface area (Å²) in [7, 11) is 0. The van der Waals surface area contributed by atoms with Gasteiger partial charge in [0, 0.05) is 6.85 Å². The SMILES string of the molecule is [2H]C1=CC([2H])(C([2H])([2H])[2H])C([2H])C([2H])=C1[2H]. The van der Waals surface area contributed by atoms with Crippen LogP contribution in [0.25, 0.3) is 0 Å². The minimum Gasteiger partial charge on any atom is -0.0840 e. The Bertz CT molecular complexity index is 337. The molecule has 0 aromatic heterocycles. The van der Waals surface area contributed by atoms with Gasteiger partial charge >= 0.3 is 0 Å². The average molecular weight is 102 g/mol. The maximum absolute atomic E-state index is 7.64. The second-order valence-corrected chi connectivity index (χ2v) is 1.16. The first-order valence-electron chi connectivity index (χ1n) is 5.98. The van der Waals surface area contributed by atoms with Crippen molar-refractivity contribution in [1.82, 2.24) is 0 Å². The molecule has 0 heterocycles. The number of hydrogen-bond acceptors (Lipinski definition) is 0. The van der Waals surface area contributed by atoms with Crippen molar-refractivity contribution in [2.75, 3.05) is 0 Å². The first-order valence-corrected chi connectivity index (χ1v) is 1.90. The van der Waals surface area contributed by atoms with Crippen molar-refractivity contribution < 1.29 is 11.0 Å². The van der Waals surface area contributed by atoms with Gasteiger partial charge in [-0.15, -0.1) is 0 Å². The van der Waals surface area contributed by atoms with E-state index in [0.717, 1.165) is 6.08 Å². The molecular formula is C7H10. The highest BCUT2D eigenvalue weighted by Crippen LogP contribution is 2.08. The molecule has 0 saturated heterocycles. The smallest absolute Gasteiger partial charge is 0.0619 e. The highest BCUT2D eigenvalue weighted by molar-refractivity contribution is 5.09. The van der Waals surface area contributed by atoms with Gasteiger partial charge in [0.1, 0.15) is 0 Å². The van der Waals surface area contributed by atoms with Gasteiger partial charge in [-0.05, 0) is 12.3 Å². The summed E-state index contributed by atoms with van der Waals surface area (Å²) in [6, 6.07) is -1.55. The Balaban J connectivity index is 3.30. The molecule has 0 aromatic rings. The van der Waals surface area contributed by atoms with Gasteiger partial charge in [-0.2, -0.15) is 0 Å². The summed E-state index contributed by atoms with van der Waals surface area (Å²) in [5.74, 6) is -2.30. The van der Waals surface area contributed by atoms with Crippen molar-refractivity contribution in [3.63, 3.8) is 0 Å². The largest absolute Gasteiger partial charge is 0.0840 e. The highest BCUT2D eigenvalue weighted by atomic mass is 14.0. The summed E-state index contributed by atoms with van der Waals surface area (Å²) < 4.78 is 58.3. The van der Waals surface area contributed by atoms with E-state index in [1.165, 1.54) is 0 Å². The zero-order chi connectivity index (χ0) is 12.0. The van der Waals surface area contributed by atoms with Crippen LogP contribution >= 0.6 is 0 Å². The van der Waals surface area contributed by atoms with Gasteiger partial charge in [-0.25, -0.2) is 0 Å². The molecule has 7 heavy (non-hydrogen) atoms. The molecule has 0 aromatic carbocycles. The maximum Gasteiger partial charge on any atom is 0.0619 e. The lowest BCUT2D eigenvalue weighted by Gasteiger charge is -2.02. The van der Waals surface area contributed by atoms with Gasteiger partial charge in [-0.3, -0.25) is 0 Å². The predicted octanol–water partition coefficient (Wildman–Crippen LogP) is 2.14. The van der Waals surface area contributed by atoms with Crippen LogP contribution in [0.1, 0.15) is 24.2 Å². The van der Waals surface area contributed by atoms with E-state index in [1.807, 2.05) is 0 Å². The Morgan fingerprint density at radius 2 is 3.14 bits per heavy atom. The van der Waals surface area contributed by atoms with Gasteiger partial charge in [0.05, 0.1) is 4.11 Å². The summed E-state index contributed by atoms with van der Waals surface area (Å²) >= 11 is 0. The second-order valence-electron chi connectivity index (χ2n) is 1.16. The lowest BCUT2D eigenvalue weighted by molar-refractivity contribution is 0.737. The Morgan fingerprint density at radius 3 is 4.00 bits per heavy atom. The summed E-state index contributed by atoms with van der Waals surface area (Å²) in [6.45, 7) is -2.78. The van der Waals surface area contributed by atoms with Crippen molar-refractivity contribution in [3.05, 3.63) is 24.2 Å². The van der Waals surface area contributed by atoms with E-state index in [9.17, 15) is 0 Å². The van der Waals surface area contributed by atoms with Crippen LogP contribution in [-0.4, -0.2) is 0 Å². The maximum atomic E-state index is 7.64. The monoisotopic (exact) mass is 102 g/mol. The molecule has 2 atom stereocenters. The molecule has 0 nitrogen and oxygen atoms in total. The molecule has 0 fully saturated rings. The van der Waals surface area contributed by atoms with Crippen LogP contribution in [0, 0.1) is 5.89 Å². The molecule has 1 aliphatic carbocycles.